The Bertz CT molecular complexity index is 629. The van der Waals surface area contributed by atoms with Crippen molar-refractivity contribution in [1.82, 2.24) is 4.31 Å². The number of esters is 1. The van der Waals surface area contributed by atoms with Crippen molar-refractivity contribution in [3.63, 3.8) is 0 Å². The van der Waals surface area contributed by atoms with Crippen molar-refractivity contribution in [1.29, 1.82) is 0 Å². The zero-order valence-corrected chi connectivity index (χ0v) is 15.6. The van der Waals surface area contributed by atoms with Crippen LogP contribution in [0.3, 0.4) is 0 Å². The van der Waals surface area contributed by atoms with E-state index in [0.717, 1.165) is 5.56 Å². The van der Waals surface area contributed by atoms with Gasteiger partial charge < -0.3 is 9.29 Å². The first-order chi connectivity index (χ1) is 11.8. The van der Waals surface area contributed by atoms with Crippen molar-refractivity contribution in [3.8, 4) is 0 Å². The SMILES string of the molecule is CC(C)(C)[S@+]([O-])N(Cc1ccccc1)C[C@@H]1CCC(N=[N+]=[N-])C(=O)O1. The molecule has 0 aromatic heterocycles. The Morgan fingerprint density at radius 3 is 2.60 bits per heavy atom. The third-order valence-electron chi connectivity index (χ3n) is 3.88. The summed E-state index contributed by atoms with van der Waals surface area (Å²) in [5.41, 5.74) is 9.53. The van der Waals surface area contributed by atoms with Gasteiger partial charge in [0.2, 0.25) is 0 Å². The predicted molar refractivity (Wildman–Crippen MR) is 96.8 cm³/mol. The molecule has 0 bridgehead atoms. The first-order valence-electron chi connectivity index (χ1n) is 8.27. The van der Waals surface area contributed by atoms with E-state index in [9.17, 15) is 9.35 Å². The molecule has 7 nitrogen and oxygen atoms in total. The molecule has 1 saturated heterocycles. The number of cyclic esters (lactones) is 1. The lowest BCUT2D eigenvalue weighted by atomic mass is 10.0. The van der Waals surface area contributed by atoms with Crippen molar-refractivity contribution < 1.29 is 14.1 Å². The summed E-state index contributed by atoms with van der Waals surface area (Å²) in [6.07, 6.45) is 0.685. The van der Waals surface area contributed by atoms with Gasteiger partial charge in [-0.15, -0.1) is 4.31 Å². The van der Waals surface area contributed by atoms with Crippen molar-refractivity contribution in [3.05, 3.63) is 46.3 Å². The summed E-state index contributed by atoms with van der Waals surface area (Å²) in [5, 5.41) is 3.45. The molecule has 1 aliphatic rings. The largest absolute Gasteiger partial charge is 0.597 e. The Labute approximate surface area is 151 Å². The second kappa shape index (κ2) is 8.58. The van der Waals surface area contributed by atoms with E-state index in [2.05, 4.69) is 10.0 Å². The molecule has 25 heavy (non-hydrogen) atoms. The molecule has 0 spiro atoms. The van der Waals surface area contributed by atoms with Crippen LogP contribution in [-0.4, -0.2) is 38.3 Å². The number of carbonyl (C=O) groups is 1. The normalized spacial score (nSPS) is 22.2. The molecule has 0 saturated carbocycles. The Hall–Kier alpha value is -1.73. The lowest BCUT2D eigenvalue weighted by Crippen LogP contribution is -2.48. The molecule has 8 heteroatoms. The predicted octanol–water partition coefficient (Wildman–Crippen LogP) is 3.34. The lowest BCUT2D eigenvalue weighted by molar-refractivity contribution is -0.156. The van der Waals surface area contributed by atoms with Crippen LogP contribution in [0.4, 0.5) is 0 Å². The molecular weight excluding hydrogens is 340 g/mol. The van der Waals surface area contributed by atoms with Crippen LogP contribution >= 0.6 is 0 Å². The monoisotopic (exact) mass is 364 g/mol. The Balaban J connectivity index is 2.08. The third-order valence-corrected chi connectivity index (χ3v) is 5.67. The van der Waals surface area contributed by atoms with E-state index in [-0.39, 0.29) is 6.10 Å². The molecule has 1 aromatic rings. The van der Waals surface area contributed by atoms with E-state index in [1.165, 1.54) is 0 Å². The fraction of sp³-hybridized carbons (Fsp3) is 0.588. The standard InChI is InChI=1S/C17H24N4O3S/c1-17(2,3)25(23)21(11-13-7-5-4-6-8-13)12-14-9-10-15(19-20-18)16(22)24-14/h4-8,14-15H,9-12H2,1-3H3/t14-,15?,25-/m0/s1. The van der Waals surface area contributed by atoms with E-state index >= 15 is 0 Å². The maximum absolute atomic E-state index is 12.9. The van der Waals surface area contributed by atoms with Gasteiger partial charge in [0.25, 0.3) is 0 Å². The molecule has 0 N–H and O–H groups in total. The molecule has 1 fully saturated rings. The van der Waals surface area contributed by atoms with Crippen LogP contribution < -0.4 is 0 Å². The minimum absolute atomic E-state index is 0.354. The quantitative estimate of drug-likeness (QED) is 0.254. The molecule has 136 valence electrons. The highest BCUT2D eigenvalue weighted by Gasteiger charge is 2.37. The maximum Gasteiger partial charge on any atom is 0.315 e. The van der Waals surface area contributed by atoms with Crippen LogP contribution in [0.15, 0.2) is 35.4 Å². The van der Waals surface area contributed by atoms with E-state index < -0.39 is 28.1 Å². The number of hydrogen-bond acceptors (Lipinski definition) is 5. The lowest BCUT2D eigenvalue weighted by Gasteiger charge is -2.35. The number of benzene rings is 1. The summed E-state index contributed by atoms with van der Waals surface area (Å²) in [5.74, 6) is -0.504. The van der Waals surface area contributed by atoms with Crippen LogP contribution in [0.2, 0.25) is 0 Å². The summed E-state index contributed by atoms with van der Waals surface area (Å²) in [4.78, 5) is 14.6. The molecule has 0 aliphatic carbocycles. The van der Waals surface area contributed by atoms with Crippen molar-refractivity contribution >= 4 is 17.3 Å². The third kappa shape index (κ3) is 5.64. The summed E-state index contributed by atoms with van der Waals surface area (Å²) >= 11 is -1.24. The minimum Gasteiger partial charge on any atom is -0.597 e. The van der Waals surface area contributed by atoms with Crippen LogP contribution in [0.25, 0.3) is 10.4 Å². The summed E-state index contributed by atoms with van der Waals surface area (Å²) in [6.45, 7) is 6.66. The fourth-order valence-corrected chi connectivity index (χ4v) is 3.99. The zero-order valence-electron chi connectivity index (χ0n) is 14.8. The topological polar surface area (TPSA) is 101 Å². The second-order valence-electron chi connectivity index (χ2n) is 7.03. The number of ether oxygens (including phenoxy) is 1. The molecule has 1 heterocycles. The Kier molecular flexibility index (Phi) is 6.72. The fourth-order valence-electron chi connectivity index (χ4n) is 2.65. The van der Waals surface area contributed by atoms with Gasteiger partial charge in [-0.2, -0.15) is 0 Å². The maximum atomic E-state index is 12.9. The first-order valence-corrected chi connectivity index (χ1v) is 9.37. The van der Waals surface area contributed by atoms with Crippen LogP contribution in [0.5, 0.6) is 0 Å². The van der Waals surface area contributed by atoms with Crippen LogP contribution in [-0.2, 0) is 27.4 Å². The minimum atomic E-state index is -1.24. The highest BCUT2D eigenvalue weighted by molar-refractivity contribution is 7.90. The summed E-state index contributed by atoms with van der Waals surface area (Å²) in [6, 6.07) is 9.04. The average molecular weight is 364 g/mol. The van der Waals surface area contributed by atoms with Crippen molar-refractivity contribution in [2.45, 2.75) is 57.1 Å². The number of rotatable bonds is 6. The average Bonchev–Trinajstić information content (AvgIpc) is 2.56. The number of carbonyl (C=O) groups excluding carboxylic acids is 1. The molecule has 0 radical (unpaired) electrons. The van der Waals surface area contributed by atoms with Gasteiger partial charge >= 0.3 is 5.97 Å². The molecule has 0 amide bonds. The first kappa shape index (κ1) is 19.6. The molecule has 3 atom stereocenters. The second-order valence-corrected chi connectivity index (χ2v) is 9.27. The Morgan fingerprint density at radius 1 is 1.36 bits per heavy atom. The van der Waals surface area contributed by atoms with Crippen molar-refractivity contribution in [2.24, 2.45) is 5.11 Å². The summed E-state index contributed by atoms with van der Waals surface area (Å²) < 4.78 is 19.8. The number of nitrogens with zero attached hydrogens (tertiary/aromatic N) is 4. The van der Waals surface area contributed by atoms with Gasteiger partial charge in [0.1, 0.15) is 16.9 Å². The molecule has 1 unspecified atom stereocenters. The highest BCUT2D eigenvalue weighted by atomic mass is 32.2. The van der Waals surface area contributed by atoms with Gasteiger partial charge in [-0.1, -0.05) is 35.4 Å². The van der Waals surface area contributed by atoms with E-state index in [1.54, 1.807) is 0 Å². The van der Waals surface area contributed by atoms with Crippen LogP contribution in [0, 0.1) is 0 Å². The smallest absolute Gasteiger partial charge is 0.315 e. The number of azide groups is 1. The van der Waals surface area contributed by atoms with Crippen LogP contribution in [0.1, 0.15) is 39.2 Å². The van der Waals surface area contributed by atoms with Gasteiger partial charge in [-0.25, -0.2) is 0 Å². The zero-order chi connectivity index (χ0) is 18.4. The Morgan fingerprint density at radius 2 is 2.04 bits per heavy atom. The van der Waals surface area contributed by atoms with Gasteiger partial charge in [0.05, 0.1) is 13.1 Å². The van der Waals surface area contributed by atoms with Gasteiger partial charge in [0.15, 0.2) is 0 Å². The van der Waals surface area contributed by atoms with Gasteiger partial charge in [0, 0.05) is 16.3 Å². The van der Waals surface area contributed by atoms with E-state index in [1.807, 2.05) is 55.4 Å². The van der Waals surface area contributed by atoms with Gasteiger partial charge in [-0.05, 0) is 44.7 Å². The molecular formula is C17H24N4O3S. The number of hydrogen-bond donors (Lipinski definition) is 0. The van der Waals surface area contributed by atoms with E-state index in [4.69, 9.17) is 10.3 Å². The van der Waals surface area contributed by atoms with Gasteiger partial charge in [-0.3, -0.25) is 4.79 Å². The molecule has 2 rings (SSSR count). The molecule has 1 aromatic carbocycles. The highest BCUT2D eigenvalue weighted by Crippen LogP contribution is 2.25. The van der Waals surface area contributed by atoms with E-state index in [0.29, 0.717) is 25.9 Å². The summed E-state index contributed by atoms with van der Waals surface area (Å²) in [7, 11) is 0. The molecule has 1 aliphatic heterocycles. The van der Waals surface area contributed by atoms with Crippen molar-refractivity contribution in [2.75, 3.05) is 6.54 Å².